The molecular formula is C17H22N4O3. The second-order valence-electron chi connectivity index (χ2n) is 6.11. The van der Waals surface area contributed by atoms with E-state index in [0.29, 0.717) is 17.9 Å². The lowest BCUT2D eigenvalue weighted by Gasteiger charge is -2.19. The van der Waals surface area contributed by atoms with E-state index >= 15 is 0 Å². The van der Waals surface area contributed by atoms with E-state index in [9.17, 15) is 14.9 Å². The first-order chi connectivity index (χ1) is 11.2. The largest absolute Gasteiger partial charge is 0.340 e. The number of rotatable bonds is 5. The summed E-state index contributed by atoms with van der Waals surface area (Å²) in [5.41, 5.74) is 4.08. The molecule has 0 radical (unpaired) electrons. The van der Waals surface area contributed by atoms with Crippen molar-refractivity contribution in [3.8, 4) is 0 Å². The zero-order chi connectivity index (χ0) is 18.0. The molecule has 2 aromatic rings. The van der Waals surface area contributed by atoms with Crippen molar-refractivity contribution in [2.45, 2.75) is 40.8 Å². The summed E-state index contributed by atoms with van der Waals surface area (Å²) < 4.78 is 1.40. The smallest absolute Gasteiger partial charge is 0.312 e. The van der Waals surface area contributed by atoms with Gasteiger partial charge in [-0.2, -0.15) is 5.10 Å². The van der Waals surface area contributed by atoms with Crippen molar-refractivity contribution in [3.63, 3.8) is 0 Å². The molecule has 0 bridgehead atoms. The Balaban J connectivity index is 2.12. The van der Waals surface area contributed by atoms with Gasteiger partial charge in [0.2, 0.25) is 5.91 Å². The van der Waals surface area contributed by atoms with E-state index < -0.39 is 4.92 Å². The highest BCUT2D eigenvalue weighted by molar-refractivity contribution is 5.76. The summed E-state index contributed by atoms with van der Waals surface area (Å²) in [7, 11) is 1.72. The van der Waals surface area contributed by atoms with E-state index in [0.717, 1.165) is 11.1 Å². The molecule has 0 N–H and O–H groups in total. The van der Waals surface area contributed by atoms with Crippen LogP contribution >= 0.6 is 0 Å². The van der Waals surface area contributed by atoms with Crippen LogP contribution in [0, 0.1) is 37.8 Å². The monoisotopic (exact) mass is 330 g/mol. The van der Waals surface area contributed by atoms with Gasteiger partial charge >= 0.3 is 5.69 Å². The van der Waals surface area contributed by atoms with Gasteiger partial charge in [-0.3, -0.25) is 19.6 Å². The van der Waals surface area contributed by atoms with Gasteiger partial charge < -0.3 is 4.90 Å². The summed E-state index contributed by atoms with van der Waals surface area (Å²) in [4.78, 5) is 24.6. The zero-order valence-corrected chi connectivity index (χ0v) is 14.7. The van der Waals surface area contributed by atoms with Crippen LogP contribution in [0.5, 0.6) is 0 Å². The molecule has 24 heavy (non-hydrogen) atoms. The standard InChI is InChI=1S/C17H22N4O3/c1-11-6-7-15(12(2)8-11)9-19(5)16(22)10-20-14(4)17(21(23)24)13(3)18-20/h6-8H,9-10H2,1-5H3. The lowest BCUT2D eigenvalue weighted by molar-refractivity contribution is -0.386. The minimum Gasteiger partial charge on any atom is -0.340 e. The molecule has 0 aliphatic rings. The minimum atomic E-state index is -0.460. The summed E-state index contributed by atoms with van der Waals surface area (Å²) in [6.07, 6.45) is 0. The van der Waals surface area contributed by atoms with Crippen LogP contribution in [0.4, 0.5) is 5.69 Å². The topological polar surface area (TPSA) is 81.3 Å². The first-order valence-corrected chi connectivity index (χ1v) is 7.69. The molecule has 2 rings (SSSR count). The molecular weight excluding hydrogens is 308 g/mol. The highest BCUT2D eigenvalue weighted by Gasteiger charge is 2.23. The minimum absolute atomic E-state index is 0.0120. The van der Waals surface area contributed by atoms with E-state index in [1.165, 1.54) is 10.2 Å². The number of carbonyl (C=O) groups is 1. The molecule has 0 aliphatic carbocycles. The lowest BCUT2D eigenvalue weighted by Crippen LogP contribution is -2.30. The fraction of sp³-hybridized carbons (Fsp3) is 0.412. The third kappa shape index (κ3) is 3.61. The van der Waals surface area contributed by atoms with Crippen LogP contribution in [0.1, 0.15) is 28.1 Å². The quantitative estimate of drug-likeness (QED) is 0.623. The molecule has 0 spiro atoms. The fourth-order valence-corrected chi connectivity index (χ4v) is 2.72. The Morgan fingerprint density at radius 3 is 2.50 bits per heavy atom. The number of aromatic nitrogens is 2. The van der Waals surface area contributed by atoms with Crippen LogP contribution in [0.2, 0.25) is 0 Å². The van der Waals surface area contributed by atoms with Crippen molar-refractivity contribution in [1.82, 2.24) is 14.7 Å². The van der Waals surface area contributed by atoms with Crippen LogP contribution in [-0.4, -0.2) is 32.6 Å². The maximum absolute atomic E-state index is 12.4. The number of benzene rings is 1. The first-order valence-electron chi connectivity index (χ1n) is 7.69. The van der Waals surface area contributed by atoms with E-state index in [-0.39, 0.29) is 18.1 Å². The van der Waals surface area contributed by atoms with Gasteiger partial charge in [-0.15, -0.1) is 0 Å². The second kappa shape index (κ2) is 6.82. The van der Waals surface area contributed by atoms with Crippen LogP contribution in [0.3, 0.4) is 0 Å². The molecule has 1 amide bonds. The van der Waals surface area contributed by atoms with Crippen molar-refractivity contribution < 1.29 is 9.72 Å². The Morgan fingerprint density at radius 2 is 1.96 bits per heavy atom. The van der Waals surface area contributed by atoms with E-state index in [1.807, 2.05) is 26.0 Å². The Bertz CT molecular complexity index is 795. The van der Waals surface area contributed by atoms with Crippen LogP contribution in [0.25, 0.3) is 0 Å². The van der Waals surface area contributed by atoms with Crippen LogP contribution < -0.4 is 0 Å². The van der Waals surface area contributed by atoms with Crippen LogP contribution in [0.15, 0.2) is 18.2 Å². The predicted molar refractivity (Wildman–Crippen MR) is 90.7 cm³/mol. The van der Waals surface area contributed by atoms with Gasteiger partial charge in [0.05, 0.1) is 4.92 Å². The highest BCUT2D eigenvalue weighted by atomic mass is 16.6. The van der Waals surface area contributed by atoms with Crippen molar-refractivity contribution >= 4 is 11.6 Å². The summed E-state index contributed by atoms with van der Waals surface area (Å²) in [6, 6.07) is 6.12. The molecule has 128 valence electrons. The summed E-state index contributed by atoms with van der Waals surface area (Å²) >= 11 is 0. The zero-order valence-electron chi connectivity index (χ0n) is 14.7. The normalized spacial score (nSPS) is 10.7. The fourth-order valence-electron chi connectivity index (χ4n) is 2.72. The number of likely N-dealkylation sites (N-methyl/N-ethyl adjacent to an activating group) is 1. The molecule has 0 unspecified atom stereocenters. The molecule has 0 saturated carbocycles. The molecule has 7 nitrogen and oxygen atoms in total. The Morgan fingerprint density at radius 1 is 1.29 bits per heavy atom. The molecule has 0 atom stereocenters. The van der Waals surface area contributed by atoms with Crippen molar-refractivity contribution in [3.05, 3.63) is 56.4 Å². The molecule has 0 aliphatic heterocycles. The average molecular weight is 330 g/mol. The van der Waals surface area contributed by atoms with Crippen LogP contribution in [-0.2, 0) is 17.9 Å². The van der Waals surface area contributed by atoms with Gasteiger partial charge in [-0.05, 0) is 38.8 Å². The molecule has 1 aromatic heterocycles. The number of nitro groups is 1. The maximum Gasteiger partial charge on any atom is 0.312 e. The number of amides is 1. The van der Waals surface area contributed by atoms with Gasteiger partial charge in [-0.25, -0.2) is 0 Å². The highest BCUT2D eigenvalue weighted by Crippen LogP contribution is 2.22. The first kappa shape index (κ1) is 17.7. The SMILES string of the molecule is Cc1ccc(CN(C)C(=O)Cn2nc(C)c([N+](=O)[O-])c2C)c(C)c1. The van der Waals surface area contributed by atoms with Crippen molar-refractivity contribution in [2.75, 3.05) is 7.05 Å². The van der Waals surface area contributed by atoms with Gasteiger partial charge in [0.25, 0.3) is 0 Å². The Kier molecular flexibility index (Phi) is 5.02. The lowest BCUT2D eigenvalue weighted by atomic mass is 10.1. The summed E-state index contributed by atoms with van der Waals surface area (Å²) in [6.45, 7) is 7.71. The van der Waals surface area contributed by atoms with E-state index in [4.69, 9.17) is 0 Å². The third-order valence-corrected chi connectivity index (χ3v) is 4.14. The average Bonchev–Trinajstić information content (AvgIpc) is 2.76. The Hall–Kier alpha value is -2.70. The van der Waals surface area contributed by atoms with Gasteiger partial charge in [0.1, 0.15) is 17.9 Å². The summed E-state index contributed by atoms with van der Waals surface area (Å²) in [5.74, 6) is -0.143. The predicted octanol–water partition coefficient (Wildman–Crippen LogP) is 2.68. The van der Waals surface area contributed by atoms with Crippen molar-refractivity contribution in [2.24, 2.45) is 0 Å². The van der Waals surface area contributed by atoms with Crippen molar-refractivity contribution in [1.29, 1.82) is 0 Å². The number of aryl methyl sites for hydroxylation is 3. The van der Waals surface area contributed by atoms with Gasteiger partial charge in [-0.1, -0.05) is 23.8 Å². The second-order valence-corrected chi connectivity index (χ2v) is 6.11. The Labute approximate surface area is 141 Å². The molecule has 0 fully saturated rings. The summed E-state index contributed by atoms with van der Waals surface area (Å²) in [5, 5.41) is 15.2. The molecule has 1 aromatic carbocycles. The number of hydrogen-bond donors (Lipinski definition) is 0. The third-order valence-electron chi connectivity index (χ3n) is 4.14. The maximum atomic E-state index is 12.4. The van der Waals surface area contributed by atoms with Gasteiger partial charge in [0.15, 0.2) is 0 Å². The van der Waals surface area contributed by atoms with E-state index in [2.05, 4.69) is 11.2 Å². The molecule has 0 saturated heterocycles. The number of nitrogens with zero attached hydrogens (tertiary/aromatic N) is 4. The number of hydrogen-bond acceptors (Lipinski definition) is 4. The number of carbonyl (C=O) groups excluding carboxylic acids is 1. The molecule has 1 heterocycles. The molecule has 7 heteroatoms. The van der Waals surface area contributed by atoms with E-state index in [1.54, 1.807) is 25.8 Å². The van der Waals surface area contributed by atoms with Gasteiger partial charge in [0, 0.05) is 13.6 Å².